The van der Waals surface area contributed by atoms with Crippen molar-refractivity contribution in [1.82, 2.24) is 4.98 Å². The van der Waals surface area contributed by atoms with E-state index in [0.717, 1.165) is 17.6 Å². The Morgan fingerprint density at radius 1 is 0.857 bits per heavy atom. The van der Waals surface area contributed by atoms with Crippen molar-refractivity contribution < 1.29 is 9.80 Å². The van der Waals surface area contributed by atoms with Crippen LogP contribution in [0.4, 0.5) is 0 Å². The minimum atomic E-state index is 1.06. The predicted octanol–water partition coefficient (Wildman–Crippen LogP) is 0.328. The van der Waals surface area contributed by atoms with Crippen LogP contribution in [0.5, 0.6) is 0 Å². The number of nitrogens with zero attached hydrogens (tertiary/aromatic N) is 1. The van der Waals surface area contributed by atoms with Crippen molar-refractivity contribution >= 4 is 15.9 Å². The highest BCUT2D eigenvalue weighted by molar-refractivity contribution is 9.10. The number of benzene rings is 1. The third kappa shape index (κ3) is 4.37. The Bertz CT molecular complexity index is 548. The molecule has 2 heterocycles. The van der Waals surface area contributed by atoms with E-state index in [2.05, 4.69) is 57.3 Å². The number of hydrogen-bond acceptors (Lipinski definition) is 1. The van der Waals surface area contributed by atoms with Crippen molar-refractivity contribution in [3.05, 3.63) is 64.4 Å². The first kappa shape index (κ1) is 14.7. The Labute approximate surface area is 134 Å². The SMILES string of the molecule is Brc1ccc(C[NH+]2CC[NH+](Cc3ccccn3)CC2)cc1. The molecule has 1 aliphatic heterocycles. The lowest BCUT2D eigenvalue weighted by Crippen LogP contribution is -3.27. The van der Waals surface area contributed by atoms with Gasteiger partial charge in [0.15, 0.2) is 0 Å². The topological polar surface area (TPSA) is 21.8 Å². The van der Waals surface area contributed by atoms with E-state index in [0.29, 0.717) is 0 Å². The van der Waals surface area contributed by atoms with Gasteiger partial charge in [-0.1, -0.05) is 34.1 Å². The third-order valence-corrected chi connectivity index (χ3v) is 4.72. The molecule has 1 saturated heterocycles. The van der Waals surface area contributed by atoms with Crippen molar-refractivity contribution in [2.24, 2.45) is 0 Å². The second-order valence-corrected chi connectivity index (χ2v) is 6.72. The second kappa shape index (κ2) is 7.16. The number of rotatable bonds is 4. The molecule has 1 aliphatic rings. The summed E-state index contributed by atoms with van der Waals surface area (Å²) >= 11 is 3.49. The molecule has 3 nitrogen and oxygen atoms in total. The molecule has 0 aliphatic carbocycles. The van der Waals surface area contributed by atoms with Crippen LogP contribution in [0, 0.1) is 0 Å². The van der Waals surface area contributed by atoms with E-state index < -0.39 is 0 Å². The number of hydrogen-bond donors (Lipinski definition) is 2. The average molecular weight is 348 g/mol. The normalized spacial score (nSPS) is 22.1. The van der Waals surface area contributed by atoms with E-state index in [1.807, 2.05) is 12.3 Å². The number of nitrogens with one attached hydrogen (secondary N) is 2. The highest BCUT2D eigenvalue weighted by atomic mass is 79.9. The lowest BCUT2D eigenvalue weighted by Gasteiger charge is -2.29. The molecule has 4 heteroatoms. The number of aromatic nitrogens is 1. The van der Waals surface area contributed by atoms with Gasteiger partial charge in [0.2, 0.25) is 0 Å². The van der Waals surface area contributed by atoms with E-state index >= 15 is 0 Å². The Balaban J connectivity index is 1.47. The highest BCUT2D eigenvalue weighted by Gasteiger charge is 2.23. The van der Waals surface area contributed by atoms with Gasteiger partial charge in [-0.3, -0.25) is 4.98 Å². The molecule has 1 aromatic heterocycles. The van der Waals surface area contributed by atoms with Gasteiger partial charge in [-0.2, -0.15) is 0 Å². The van der Waals surface area contributed by atoms with Crippen molar-refractivity contribution in [3.8, 4) is 0 Å². The van der Waals surface area contributed by atoms with E-state index in [1.165, 1.54) is 37.4 Å². The van der Waals surface area contributed by atoms with Crippen molar-refractivity contribution in [2.75, 3.05) is 26.2 Å². The molecular weight excluding hydrogens is 326 g/mol. The third-order valence-electron chi connectivity index (χ3n) is 4.19. The van der Waals surface area contributed by atoms with Crippen LogP contribution in [-0.4, -0.2) is 31.2 Å². The molecule has 0 spiro atoms. The Kier molecular flexibility index (Phi) is 5.01. The zero-order valence-corrected chi connectivity index (χ0v) is 13.8. The summed E-state index contributed by atoms with van der Waals surface area (Å²) in [6, 6.07) is 14.9. The first-order valence-corrected chi connectivity index (χ1v) is 8.40. The zero-order valence-electron chi connectivity index (χ0n) is 12.2. The Morgan fingerprint density at radius 3 is 2.14 bits per heavy atom. The summed E-state index contributed by atoms with van der Waals surface area (Å²) in [6.07, 6.45) is 1.89. The minimum absolute atomic E-state index is 1.06. The number of quaternary nitrogens is 2. The molecule has 0 unspecified atom stereocenters. The van der Waals surface area contributed by atoms with Crippen LogP contribution < -0.4 is 9.80 Å². The fourth-order valence-electron chi connectivity index (χ4n) is 2.96. The molecule has 0 amide bonds. The summed E-state index contributed by atoms with van der Waals surface area (Å²) in [7, 11) is 0. The van der Waals surface area contributed by atoms with Crippen molar-refractivity contribution in [1.29, 1.82) is 0 Å². The summed E-state index contributed by atoms with van der Waals surface area (Å²) in [5.74, 6) is 0. The maximum atomic E-state index is 4.44. The van der Waals surface area contributed by atoms with Crippen LogP contribution in [0.25, 0.3) is 0 Å². The summed E-state index contributed by atoms with van der Waals surface area (Å²) in [6.45, 7) is 7.18. The molecule has 0 atom stereocenters. The monoisotopic (exact) mass is 347 g/mol. The molecule has 110 valence electrons. The standard InChI is InChI=1S/C17H20BrN3/c18-16-6-4-15(5-7-16)13-20-9-11-21(12-10-20)14-17-3-1-2-8-19-17/h1-8H,9-14H2/p+2. The van der Waals surface area contributed by atoms with Gasteiger partial charge in [0, 0.05) is 16.2 Å². The molecule has 3 rings (SSSR count). The van der Waals surface area contributed by atoms with Gasteiger partial charge in [-0.15, -0.1) is 0 Å². The predicted molar refractivity (Wildman–Crippen MR) is 87.2 cm³/mol. The minimum Gasteiger partial charge on any atom is -0.322 e. The van der Waals surface area contributed by atoms with Gasteiger partial charge in [0.25, 0.3) is 0 Å². The fraction of sp³-hybridized carbons (Fsp3) is 0.353. The van der Waals surface area contributed by atoms with Gasteiger partial charge < -0.3 is 9.80 Å². The van der Waals surface area contributed by atoms with E-state index in [9.17, 15) is 0 Å². The van der Waals surface area contributed by atoms with Crippen LogP contribution in [0.15, 0.2) is 53.1 Å². The summed E-state index contributed by atoms with van der Waals surface area (Å²) in [5, 5.41) is 0. The largest absolute Gasteiger partial charge is 0.322 e. The van der Waals surface area contributed by atoms with E-state index in [4.69, 9.17) is 0 Å². The first-order valence-electron chi connectivity index (χ1n) is 7.61. The summed E-state index contributed by atoms with van der Waals surface area (Å²) < 4.78 is 1.16. The lowest BCUT2D eigenvalue weighted by molar-refractivity contribution is -1.02. The van der Waals surface area contributed by atoms with E-state index in [1.54, 1.807) is 9.80 Å². The Hall–Kier alpha value is -1.23. The molecule has 21 heavy (non-hydrogen) atoms. The van der Waals surface area contributed by atoms with Crippen LogP contribution in [0.3, 0.4) is 0 Å². The fourth-order valence-corrected chi connectivity index (χ4v) is 3.22. The maximum absolute atomic E-state index is 4.44. The quantitative estimate of drug-likeness (QED) is 0.817. The second-order valence-electron chi connectivity index (χ2n) is 5.80. The lowest BCUT2D eigenvalue weighted by atomic mass is 10.2. The molecule has 2 aromatic rings. The number of pyridine rings is 1. The van der Waals surface area contributed by atoms with Gasteiger partial charge >= 0.3 is 0 Å². The van der Waals surface area contributed by atoms with Gasteiger partial charge in [-0.25, -0.2) is 0 Å². The van der Waals surface area contributed by atoms with Gasteiger partial charge in [0.05, 0.1) is 5.69 Å². The number of piperazine rings is 1. The first-order chi connectivity index (χ1) is 10.3. The smallest absolute Gasteiger partial charge is 0.127 e. The maximum Gasteiger partial charge on any atom is 0.127 e. The van der Waals surface area contributed by atoms with Crippen molar-refractivity contribution in [2.45, 2.75) is 13.1 Å². The average Bonchev–Trinajstić information content (AvgIpc) is 2.53. The molecule has 1 aromatic carbocycles. The Morgan fingerprint density at radius 2 is 1.52 bits per heavy atom. The van der Waals surface area contributed by atoms with Crippen molar-refractivity contribution in [3.63, 3.8) is 0 Å². The molecule has 0 saturated carbocycles. The van der Waals surface area contributed by atoms with Gasteiger partial charge in [-0.05, 0) is 24.3 Å². The van der Waals surface area contributed by atoms with Crippen LogP contribution >= 0.6 is 15.9 Å². The molecule has 1 fully saturated rings. The molecular formula is C17H22BrN3+2. The van der Waals surface area contributed by atoms with Crippen LogP contribution in [0.2, 0.25) is 0 Å². The molecule has 0 bridgehead atoms. The summed E-state index contributed by atoms with van der Waals surface area (Å²) in [4.78, 5) is 7.79. The van der Waals surface area contributed by atoms with Crippen LogP contribution in [0.1, 0.15) is 11.3 Å². The van der Waals surface area contributed by atoms with E-state index in [-0.39, 0.29) is 0 Å². The molecule has 2 N–H and O–H groups in total. The molecule has 0 radical (unpaired) electrons. The van der Waals surface area contributed by atoms with Gasteiger partial charge in [0.1, 0.15) is 39.3 Å². The summed E-state index contributed by atoms with van der Waals surface area (Å²) in [5.41, 5.74) is 2.64. The number of halogens is 1. The zero-order chi connectivity index (χ0) is 14.5. The highest BCUT2D eigenvalue weighted by Crippen LogP contribution is 2.09. The van der Waals surface area contributed by atoms with Crippen LogP contribution in [-0.2, 0) is 13.1 Å².